The first kappa shape index (κ1) is 56.9. The van der Waals surface area contributed by atoms with Crippen molar-refractivity contribution in [2.24, 2.45) is 0 Å². The average Bonchev–Trinajstić information content (AvgIpc) is 3.75. The smallest absolute Gasteiger partial charge is 0.227 e. The molecule has 2 N–H and O–H groups in total. The molecule has 0 bridgehead atoms. The molecule has 0 saturated carbocycles. The Labute approximate surface area is 441 Å². The van der Waals surface area contributed by atoms with Crippen LogP contribution in [0, 0.1) is 0 Å². The van der Waals surface area contributed by atoms with Gasteiger partial charge < -0.3 is 78.3 Å². The first-order valence-electron chi connectivity index (χ1n) is 27.1. The van der Waals surface area contributed by atoms with Crippen LogP contribution in [0.4, 0.5) is 23.5 Å². The van der Waals surface area contributed by atoms with E-state index in [2.05, 4.69) is 78.0 Å². The van der Waals surface area contributed by atoms with Gasteiger partial charge in [0.1, 0.15) is 24.8 Å². The summed E-state index contributed by atoms with van der Waals surface area (Å²) in [5.41, 5.74) is 1.73. The Hall–Kier alpha value is -4.80. The van der Waals surface area contributed by atoms with Crippen LogP contribution in [0.15, 0.2) is 24.3 Å². The maximum Gasteiger partial charge on any atom is 0.227 e. The molecule has 0 unspecified atom stereocenters. The number of aromatic nitrogens is 4. The van der Waals surface area contributed by atoms with E-state index in [1.54, 1.807) is 14.2 Å². The molecule has 4 saturated heterocycles. The van der Waals surface area contributed by atoms with E-state index in [0.29, 0.717) is 74.7 Å². The summed E-state index contributed by atoms with van der Waals surface area (Å²) in [5, 5.41) is 9.44. The van der Waals surface area contributed by atoms with E-state index in [1.165, 1.54) is 0 Å². The summed E-state index contributed by atoms with van der Waals surface area (Å²) in [6, 6.07) is 8.77. The number of benzene rings is 2. The lowest BCUT2D eigenvalue weighted by molar-refractivity contribution is 0.0881. The molecule has 20 nitrogen and oxygen atoms in total. The fourth-order valence-corrected chi connectivity index (χ4v) is 9.60. The fourth-order valence-electron chi connectivity index (χ4n) is 9.60. The van der Waals surface area contributed by atoms with Gasteiger partial charge in [0.2, 0.25) is 11.9 Å². The number of nitrogens with one attached hydrogen (secondary N) is 2. The highest BCUT2D eigenvalue weighted by Crippen LogP contribution is 2.38. The van der Waals surface area contributed by atoms with Gasteiger partial charge in [0, 0.05) is 87.3 Å². The van der Waals surface area contributed by atoms with Crippen molar-refractivity contribution in [2.75, 3.05) is 222 Å². The van der Waals surface area contributed by atoms with E-state index in [0.717, 1.165) is 175 Å². The molecule has 4 aromatic rings. The molecule has 8 rings (SSSR count). The van der Waals surface area contributed by atoms with Gasteiger partial charge in [0.25, 0.3) is 0 Å². The molecule has 4 aliphatic rings. The fraction of sp³-hybridized carbons (Fsp3) is 0.704. The minimum Gasteiger partial charge on any atom is -0.493 e. The zero-order valence-corrected chi connectivity index (χ0v) is 46.7. The number of fused-ring (bicyclic) bond motifs is 2. The summed E-state index contributed by atoms with van der Waals surface area (Å²) in [6.45, 7) is 17.4. The molecule has 6 heterocycles. The Bertz CT molecular complexity index is 2150. The zero-order chi connectivity index (χ0) is 52.4. The standard InChI is InChI=1S/2C27H45N7O3/c2*1-31(2)15-16-36-17-18-37-25-20-23-22(19-24(25)35-5)26(28-21-7-11-33(4)12-8-21)30-27(29-23)34-10-6-9-32(3)13-14-34/h2*19-21H,6-18H2,1-5H3,(H,28,29,30). The lowest BCUT2D eigenvalue weighted by atomic mass is 10.1. The number of likely N-dealkylation sites (tertiary alicyclic amines) is 2. The molecule has 0 spiro atoms. The Kier molecular flexibility index (Phi) is 22.2. The molecule has 0 radical (unpaired) electrons. The van der Waals surface area contributed by atoms with Crippen LogP contribution in [-0.2, 0) is 9.47 Å². The second kappa shape index (κ2) is 28.9. The molecule has 412 valence electrons. The summed E-state index contributed by atoms with van der Waals surface area (Å²) in [5.74, 6) is 6.03. The first-order chi connectivity index (χ1) is 35.8. The van der Waals surface area contributed by atoms with Crippen LogP contribution in [-0.4, -0.2) is 263 Å². The Balaban J connectivity index is 0.000000216. The normalized spacial score (nSPS) is 18.4. The van der Waals surface area contributed by atoms with Gasteiger partial charge in [-0.2, -0.15) is 9.97 Å². The first-order valence-corrected chi connectivity index (χ1v) is 27.1. The van der Waals surface area contributed by atoms with Gasteiger partial charge in [0.15, 0.2) is 23.0 Å². The molecule has 74 heavy (non-hydrogen) atoms. The largest absolute Gasteiger partial charge is 0.493 e. The highest BCUT2D eigenvalue weighted by atomic mass is 16.5. The van der Waals surface area contributed by atoms with Gasteiger partial charge in [-0.05, 0) is 146 Å². The number of hydrogen-bond donors (Lipinski definition) is 2. The molecular formula is C54H90N14O6. The number of ether oxygens (including phenoxy) is 6. The van der Waals surface area contributed by atoms with E-state index in [9.17, 15) is 0 Å². The van der Waals surface area contributed by atoms with E-state index in [4.69, 9.17) is 48.4 Å². The second-order valence-electron chi connectivity index (χ2n) is 21.0. The molecule has 2 aromatic heterocycles. The minimum absolute atomic E-state index is 0.388. The topological polar surface area (TPSA) is 157 Å². The van der Waals surface area contributed by atoms with Crippen molar-refractivity contribution in [3.63, 3.8) is 0 Å². The summed E-state index contributed by atoms with van der Waals surface area (Å²) in [6.07, 6.45) is 6.58. The number of piperidine rings is 2. The van der Waals surface area contributed by atoms with Crippen molar-refractivity contribution < 1.29 is 28.4 Å². The van der Waals surface area contributed by atoms with Crippen molar-refractivity contribution in [1.29, 1.82) is 0 Å². The summed E-state index contributed by atoms with van der Waals surface area (Å²) < 4.78 is 35.0. The van der Waals surface area contributed by atoms with Crippen LogP contribution >= 0.6 is 0 Å². The van der Waals surface area contributed by atoms with Gasteiger partial charge >= 0.3 is 0 Å². The van der Waals surface area contributed by atoms with E-state index in [1.807, 2.05) is 52.5 Å². The summed E-state index contributed by atoms with van der Waals surface area (Å²) >= 11 is 0. The van der Waals surface area contributed by atoms with Gasteiger partial charge in [-0.25, -0.2) is 9.97 Å². The maximum atomic E-state index is 6.09. The lowest BCUT2D eigenvalue weighted by Gasteiger charge is -2.30. The number of likely N-dealkylation sites (N-methyl/N-ethyl adjacent to an activating group) is 4. The van der Waals surface area contributed by atoms with Crippen LogP contribution in [0.1, 0.15) is 38.5 Å². The average molecular weight is 1030 g/mol. The Morgan fingerprint density at radius 1 is 0.459 bits per heavy atom. The third-order valence-electron chi connectivity index (χ3n) is 14.4. The van der Waals surface area contributed by atoms with Crippen LogP contribution < -0.4 is 39.4 Å². The third kappa shape index (κ3) is 17.1. The molecule has 0 amide bonds. The number of nitrogens with zero attached hydrogens (tertiary/aromatic N) is 12. The Morgan fingerprint density at radius 3 is 1.23 bits per heavy atom. The van der Waals surface area contributed by atoms with Crippen molar-refractivity contribution in [3.05, 3.63) is 24.3 Å². The van der Waals surface area contributed by atoms with Crippen LogP contribution in [0.3, 0.4) is 0 Å². The molecule has 0 atom stereocenters. The number of rotatable bonds is 22. The number of methoxy groups -OCH3 is 2. The highest BCUT2D eigenvalue weighted by Gasteiger charge is 2.25. The van der Waals surface area contributed by atoms with Gasteiger partial charge in [-0.15, -0.1) is 0 Å². The van der Waals surface area contributed by atoms with Gasteiger partial charge in [-0.1, -0.05) is 0 Å². The van der Waals surface area contributed by atoms with E-state index < -0.39 is 0 Å². The zero-order valence-electron chi connectivity index (χ0n) is 46.7. The maximum absolute atomic E-state index is 6.09. The number of anilines is 4. The number of hydrogen-bond acceptors (Lipinski definition) is 20. The molecular weight excluding hydrogens is 941 g/mol. The molecule has 0 aliphatic carbocycles. The molecule has 20 heteroatoms. The third-order valence-corrected chi connectivity index (χ3v) is 14.4. The minimum atomic E-state index is 0.388. The monoisotopic (exact) mass is 1030 g/mol. The van der Waals surface area contributed by atoms with Crippen LogP contribution in [0.5, 0.6) is 23.0 Å². The van der Waals surface area contributed by atoms with Crippen LogP contribution in [0.25, 0.3) is 21.8 Å². The Morgan fingerprint density at radius 2 is 0.851 bits per heavy atom. The van der Waals surface area contributed by atoms with Crippen molar-refractivity contribution in [1.82, 2.24) is 49.3 Å². The summed E-state index contributed by atoms with van der Waals surface area (Å²) in [4.78, 5) is 38.5. The van der Waals surface area contributed by atoms with Crippen molar-refractivity contribution in [3.8, 4) is 23.0 Å². The van der Waals surface area contributed by atoms with Crippen LogP contribution in [0.2, 0.25) is 0 Å². The summed E-state index contributed by atoms with van der Waals surface area (Å²) in [7, 11) is 20.2. The van der Waals surface area contributed by atoms with E-state index in [-0.39, 0.29) is 0 Å². The van der Waals surface area contributed by atoms with E-state index >= 15 is 0 Å². The van der Waals surface area contributed by atoms with Crippen molar-refractivity contribution in [2.45, 2.75) is 50.6 Å². The molecule has 4 aliphatic heterocycles. The second-order valence-corrected chi connectivity index (χ2v) is 21.0. The predicted octanol–water partition coefficient (Wildman–Crippen LogP) is 4.49. The van der Waals surface area contributed by atoms with Gasteiger partial charge in [-0.3, -0.25) is 0 Å². The SMILES string of the molecule is COc1cc2c(NC3CCN(C)CC3)nc(N3CCCN(C)CC3)nc2cc1OCCOCCN(C)C.COc1cc2c(NC3CCN(C)CC3)nc(N3CCCN(C)CC3)nc2cc1OCCOCCN(C)C. The molecule has 4 fully saturated rings. The lowest BCUT2D eigenvalue weighted by Crippen LogP contribution is -2.37. The predicted molar refractivity (Wildman–Crippen MR) is 299 cm³/mol. The van der Waals surface area contributed by atoms with Crippen molar-refractivity contribution >= 4 is 45.3 Å². The quantitative estimate of drug-likeness (QED) is 0.106. The van der Waals surface area contributed by atoms with Gasteiger partial charge in [0.05, 0.1) is 51.7 Å². The molecule has 2 aromatic carbocycles. The highest BCUT2D eigenvalue weighted by molar-refractivity contribution is 5.94.